The number of rotatable bonds is 7. The zero-order chi connectivity index (χ0) is 16.8. The molecular weight excluding hydrogens is 304 g/mol. The van der Waals surface area contributed by atoms with E-state index in [1.807, 2.05) is 12.1 Å². The number of fused-ring (bicyclic) bond motifs is 1. The maximum atomic E-state index is 12.3. The lowest BCUT2D eigenvalue weighted by molar-refractivity contribution is 0.0950. The van der Waals surface area contributed by atoms with Crippen LogP contribution in [0.2, 0.25) is 0 Å². The van der Waals surface area contributed by atoms with E-state index in [0.717, 1.165) is 18.7 Å². The second-order valence-corrected chi connectivity index (χ2v) is 5.76. The van der Waals surface area contributed by atoms with Gasteiger partial charge < -0.3 is 20.1 Å². The quantitative estimate of drug-likeness (QED) is 0.766. The van der Waals surface area contributed by atoms with Crippen molar-refractivity contribution in [3.8, 4) is 5.75 Å². The predicted octanol–water partition coefficient (Wildman–Crippen LogP) is 2.25. The van der Waals surface area contributed by atoms with Crippen LogP contribution < -0.4 is 15.4 Å². The second-order valence-electron chi connectivity index (χ2n) is 5.76. The molecule has 1 heterocycles. The van der Waals surface area contributed by atoms with Gasteiger partial charge in [0.15, 0.2) is 0 Å². The Bertz CT molecular complexity index is 716. The van der Waals surface area contributed by atoms with Crippen LogP contribution in [0.25, 0.3) is 0 Å². The molecular formula is C19H22N2O3. The molecule has 5 nitrogen and oxygen atoms in total. The molecule has 1 aliphatic rings. The van der Waals surface area contributed by atoms with E-state index in [0.29, 0.717) is 31.1 Å². The van der Waals surface area contributed by atoms with E-state index in [-0.39, 0.29) is 5.91 Å². The van der Waals surface area contributed by atoms with Crippen molar-refractivity contribution in [2.75, 3.05) is 20.3 Å². The minimum Gasteiger partial charge on any atom is -0.491 e. The van der Waals surface area contributed by atoms with Crippen LogP contribution in [0.1, 0.15) is 27.0 Å². The van der Waals surface area contributed by atoms with Crippen LogP contribution in [0.4, 0.5) is 0 Å². The van der Waals surface area contributed by atoms with Gasteiger partial charge in [-0.2, -0.15) is 0 Å². The summed E-state index contributed by atoms with van der Waals surface area (Å²) >= 11 is 0. The molecule has 0 saturated heterocycles. The van der Waals surface area contributed by atoms with E-state index in [4.69, 9.17) is 9.47 Å². The summed E-state index contributed by atoms with van der Waals surface area (Å²) in [7, 11) is 1.63. The SMILES string of the molecule is COCCOc1cccc(C(=O)NCc2ccc3c(c2)CNC3)c1. The van der Waals surface area contributed by atoms with Crippen molar-refractivity contribution in [3.63, 3.8) is 0 Å². The summed E-state index contributed by atoms with van der Waals surface area (Å²) in [5.74, 6) is 0.564. The molecule has 24 heavy (non-hydrogen) atoms. The molecule has 0 atom stereocenters. The topological polar surface area (TPSA) is 59.6 Å². The minimum absolute atomic E-state index is 0.106. The number of hydrogen-bond acceptors (Lipinski definition) is 4. The summed E-state index contributed by atoms with van der Waals surface area (Å²) in [5, 5.41) is 6.28. The lowest BCUT2D eigenvalue weighted by Crippen LogP contribution is -2.22. The average Bonchev–Trinajstić information content (AvgIpc) is 3.08. The van der Waals surface area contributed by atoms with Gasteiger partial charge in [0.25, 0.3) is 5.91 Å². The fraction of sp³-hybridized carbons (Fsp3) is 0.316. The lowest BCUT2D eigenvalue weighted by atomic mass is 10.1. The Hall–Kier alpha value is -2.37. The second kappa shape index (κ2) is 7.95. The van der Waals surface area contributed by atoms with Crippen LogP contribution >= 0.6 is 0 Å². The fourth-order valence-electron chi connectivity index (χ4n) is 2.71. The first-order valence-corrected chi connectivity index (χ1v) is 8.07. The van der Waals surface area contributed by atoms with Crippen LogP contribution in [0.3, 0.4) is 0 Å². The highest BCUT2D eigenvalue weighted by Gasteiger charge is 2.11. The summed E-state index contributed by atoms with van der Waals surface area (Å²) in [5.41, 5.74) is 4.35. The minimum atomic E-state index is -0.106. The summed E-state index contributed by atoms with van der Waals surface area (Å²) in [4.78, 5) is 12.3. The molecule has 3 rings (SSSR count). The van der Waals surface area contributed by atoms with Gasteiger partial charge in [-0.25, -0.2) is 0 Å². The fourth-order valence-corrected chi connectivity index (χ4v) is 2.71. The van der Waals surface area contributed by atoms with Crippen molar-refractivity contribution < 1.29 is 14.3 Å². The highest BCUT2D eigenvalue weighted by molar-refractivity contribution is 5.94. The van der Waals surface area contributed by atoms with Gasteiger partial charge in [0, 0.05) is 32.3 Å². The molecule has 1 amide bonds. The van der Waals surface area contributed by atoms with Crippen molar-refractivity contribution in [2.45, 2.75) is 19.6 Å². The van der Waals surface area contributed by atoms with Crippen LogP contribution in [-0.2, 0) is 24.4 Å². The zero-order valence-electron chi connectivity index (χ0n) is 13.8. The van der Waals surface area contributed by atoms with E-state index in [9.17, 15) is 4.79 Å². The Morgan fingerprint density at radius 2 is 2.00 bits per heavy atom. The first-order chi connectivity index (χ1) is 11.8. The molecule has 0 unspecified atom stereocenters. The summed E-state index contributed by atoms with van der Waals surface area (Å²) in [6, 6.07) is 13.5. The maximum Gasteiger partial charge on any atom is 0.251 e. The summed E-state index contributed by atoms with van der Waals surface area (Å²) < 4.78 is 10.5. The molecule has 2 aromatic rings. The third-order valence-corrected chi connectivity index (χ3v) is 4.01. The van der Waals surface area contributed by atoms with E-state index >= 15 is 0 Å². The number of carbonyl (C=O) groups excluding carboxylic acids is 1. The maximum absolute atomic E-state index is 12.3. The van der Waals surface area contributed by atoms with Crippen LogP contribution in [0, 0.1) is 0 Å². The molecule has 0 saturated carbocycles. The van der Waals surface area contributed by atoms with E-state index in [2.05, 4.69) is 28.8 Å². The van der Waals surface area contributed by atoms with Crippen molar-refractivity contribution >= 4 is 5.91 Å². The Kier molecular flexibility index (Phi) is 5.46. The monoisotopic (exact) mass is 326 g/mol. The third kappa shape index (κ3) is 4.13. The van der Waals surface area contributed by atoms with Gasteiger partial charge in [-0.15, -0.1) is 0 Å². The van der Waals surface area contributed by atoms with Crippen molar-refractivity contribution in [3.05, 3.63) is 64.7 Å². The number of benzene rings is 2. The molecule has 5 heteroatoms. The summed E-state index contributed by atoms with van der Waals surface area (Å²) in [6.45, 7) is 3.32. The highest BCUT2D eigenvalue weighted by Crippen LogP contribution is 2.17. The largest absolute Gasteiger partial charge is 0.491 e. The number of ether oxygens (including phenoxy) is 2. The first-order valence-electron chi connectivity index (χ1n) is 8.07. The molecule has 1 aliphatic heterocycles. The molecule has 0 bridgehead atoms. The van der Waals surface area contributed by atoms with E-state index in [1.165, 1.54) is 11.1 Å². The predicted molar refractivity (Wildman–Crippen MR) is 92.0 cm³/mol. The molecule has 2 aromatic carbocycles. The van der Waals surface area contributed by atoms with Crippen molar-refractivity contribution in [1.29, 1.82) is 0 Å². The van der Waals surface area contributed by atoms with Gasteiger partial charge >= 0.3 is 0 Å². The molecule has 0 fully saturated rings. The highest BCUT2D eigenvalue weighted by atomic mass is 16.5. The van der Waals surface area contributed by atoms with Crippen molar-refractivity contribution in [2.24, 2.45) is 0 Å². The van der Waals surface area contributed by atoms with Gasteiger partial charge in [0.1, 0.15) is 12.4 Å². The number of amides is 1. The van der Waals surface area contributed by atoms with Crippen LogP contribution in [0.15, 0.2) is 42.5 Å². The molecule has 0 spiro atoms. The smallest absolute Gasteiger partial charge is 0.251 e. The molecule has 2 N–H and O–H groups in total. The van der Waals surface area contributed by atoms with Gasteiger partial charge in [-0.3, -0.25) is 4.79 Å². The van der Waals surface area contributed by atoms with Crippen molar-refractivity contribution in [1.82, 2.24) is 10.6 Å². The van der Waals surface area contributed by atoms with Gasteiger partial charge in [-0.05, 0) is 34.9 Å². The van der Waals surface area contributed by atoms with Gasteiger partial charge in [-0.1, -0.05) is 24.3 Å². The summed E-state index contributed by atoms with van der Waals surface area (Å²) in [6.07, 6.45) is 0. The molecule has 126 valence electrons. The number of nitrogens with one attached hydrogen (secondary N) is 2. The first kappa shape index (κ1) is 16.5. The van der Waals surface area contributed by atoms with Gasteiger partial charge in [0.2, 0.25) is 0 Å². The average molecular weight is 326 g/mol. The van der Waals surface area contributed by atoms with E-state index < -0.39 is 0 Å². The Morgan fingerprint density at radius 1 is 1.12 bits per heavy atom. The molecule has 0 radical (unpaired) electrons. The number of methoxy groups -OCH3 is 1. The zero-order valence-corrected chi connectivity index (χ0v) is 13.8. The standard InChI is InChI=1S/C19H22N2O3/c1-23-7-8-24-18-4-2-3-15(10-18)19(22)21-11-14-5-6-16-12-20-13-17(16)9-14/h2-6,9-10,20H,7-8,11-13H2,1H3,(H,21,22). The normalized spacial score (nSPS) is 12.7. The Balaban J connectivity index is 1.57. The lowest BCUT2D eigenvalue weighted by Gasteiger charge is -2.09. The van der Waals surface area contributed by atoms with E-state index in [1.54, 1.807) is 19.2 Å². The number of hydrogen-bond donors (Lipinski definition) is 2. The van der Waals surface area contributed by atoms with Gasteiger partial charge in [0.05, 0.1) is 6.61 Å². The Morgan fingerprint density at radius 3 is 2.88 bits per heavy atom. The Labute approximate surface area is 142 Å². The number of carbonyl (C=O) groups is 1. The third-order valence-electron chi connectivity index (χ3n) is 4.01. The van der Waals surface area contributed by atoms with Crippen LogP contribution in [-0.4, -0.2) is 26.2 Å². The van der Waals surface area contributed by atoms with Crippen LogP contribution in [0.5, 0.6) is 5.75 Å². The molecule has 0 aromatic heterocycles. The molecule has 0 aliphatic carbocycles.